The summed E-state index contributed by atoms with van der Waals surface area (Å²) in [6.45, 7) is 4.40. The third kappa shape index (κ3) is 3.14. The predicted molar refractivity (Wildman–Crippen MR) is 71.0 cm³/mol. The fraction of sp³-hybridized carbons (Fsp3) is 0.571. The van der Waals surface area contributed by atoms with Crippen molar-refractivity contribution in [3.8, 4) is 0 Å². The van der Waals surface area contributed by atoms with Gasteiger partial charge in [0, 0.05) is 12.1 Å². The smallest absolute Gasteiger partial charge is 0.150 e. The summed E-state index contributed by atoms with van der Waals surface area (Å²) in [5, 5.41) is 3.24. The van der Waals surface area contributed by atoms with E-state index in [9.17, 15) is 8.78 Å². The number of hydrogen-bond donors (Lipinski definition) is 1. The van der Waals surface area contributed by atoms with E-state index < -0.39 is 11.6 Å². The van der Waals surface area contributed by atoms with Crippen molar-refractivity contribution in [1.82, 2.24) is 0 Å². The van der Waals surface area contributed by atoms with Crippen LogP contribution >= 0.6 is 11.6 Å². The van der Waals surface area contributed by atoms with E-state index in [1.165, 1.54) is 6.42 Å². The summed E-state index contributed by atoms with van der Waals surface area (Å²) in [5.74, 6) is -0.0265. The maximum Gasteiger partial charge on any atom is 0.150 e. The summed E-state index contributed by atoms with van der Waals surface area (Å²) >= 11 is 5.88. The van der Waals surface area contributed by atoms with E-state index in [1.807, 2.05) is 0 Å². The second kappa shape index (κ2) is 5.43. The van der Waals surface area contributed by atoms with Gasteiger partial charge < -0.3 is 5.32 Å². The third-order valence-electron chi connectivity index (χ3n) is 3.53. The molecule has 1 aromatic carbocycles. The van der Waals surface area contributed by atoms with Crippen LogP contribution in [0.25, 0.3) is 0 Å². The fourth-order valence-electron chi connectivity index (χ4n) is 2.95. The van der Waals surface area contributed by atoms with Crippen molar-refractivity contribution in [3.05, 3.63) is 28.8 Å². The highest BCUT2D eigenvalue weighted by molar-refractivity contribution is 6.33. The van der Waals surface area contributed by atoms with Gasteiger partial charge in [-0.2, -0.15) is 0 Å². The van der Waals surface area contributed by atoms with Crippen LogP contribution in [0.4, 0.5) is 14.5 Å². The Kier molecular flexibility index (Phi) is 4.10. The van der Waals surface area contributed by atoms with Crippen LogP contribution in [0.15, 0.2) is 12.1 Å². The Hall–Kier alpha value is -0.830. The number of hydrogen-bond acceptors (Lipinski definition) is 1. The monoisotopic (exact) mass is 273 g/mol. The van der Waals surface area contributed by atoms with Crippen LogP contribution in [0, 0.1) is 23.5 Å². The molecule has 1 N–H and O–H groups in total. The van der Waals surface area contributed by atoms with Gasteiger partial charge in [-0.05, 0) is 37.2 Å². The summed E-state index contributed by atoms with van der Waals surface area (Å²) in [6.07, 6.45) is 3.20. The van der Waals surface area contributed by atoms with E-state index in [0.717, 1.165) is 25.0 Å². The van der Waals surface area contributed by atoms with Crippen molar-refractivity contribution >= 4 is 17.3 Å². The highest BCUT2D eigenvalue weighted by Gasteiger charge is 2.25. The van der Waals surface area contributed by atoms with E-state index in [-0.39, 0.29) is 16.8 Å². The molecular weight excluding hydrogens is 256 g/mol. The van der Waals surface area contributed by atoms with Crippen LogP contribution in [0.3, 0.4) is 0 Å². The summed E-state index contributed by atoms with van der Waals surface area (Å²) in [4.78, 5) is 0. The number of nitrogens with one attached hydrogen (secondary N) is 1. The number of halogens is 3. The lowest BCUT2D eigenvalue weighted by molar-refractivity contribution is 0.280. The van der Waals surface area contributed by atoms with Gasteiger partial charge in [-0.1, -0.05) is 25.4 Å². The van der Waals surface area contributed by atoms with Crippen molar-refractivity contribution in [2.45, 2.75) is 39.2 Å². The first-order valence-electron chi connectivity index (χ1n) is 6.36. The number of anilines is 1. The van der Waals surface area contributed by atoms with Crippen LogP contribution in [-0.2, 0) is 0 Å². The molecule has 0 spiro atoms. The minimum atomic E-state index is -0.645. The molecule has 2 unspecified atom stereocenters. The number of rotatable bonds is 2. The molecule has 0 heterocycles. The lowest BCUT2D eigenvalue weighted by Crippen LogP contribution is -2.30. The van der Waals surface area contributed by atoms with E-state index in [2.05, 4.69) is 19.2 Å². The molecule has 0 bridgehead atoms. The Bertz CT molecular complexity index is 403. The molecule has 18 heavy (non-hydrogen) atoms. The molecule has 0 amide bonds. The summed E-state index contributed by atoms with van der Waals surface area (Å²) < 4.78 is 26.6. The second-order valence-electron chi connectivity index (χ2n) is 5.50. The van der Waals surface area contributed by atoms with Gasteiger partial charge in [-0.25, -0.2) is 8.78 Å². The van der Waals surface area contributed by atoms with Crippen molar-refractivity contribution in [2.24, 2.45) is 11.8 Å². The zero-order chi connectivity index (χ0) is 13.3. The molecule has 1 fully saturated rings. The molecule has 1 aromatic rings. The first kappa shape index (κ1) is 13.6. The maximum absolute atomic E-state index is 13.7. The third-order valence-corrected chi connectivity index (χ3v) is 3.83. The first-order chi connectivity index (χ1) is 8.45. The fourth-order valence-corrected chi connectivity index (χ4v) is 3.20. The van der Waals surface area contributed by atoms with E-state index in [1.54, 1.807) is 0 Å². The van der Waals surface area contributed by atoms with Crippen molar-refractivity contribution in [3.63, 3.8) is 0 Å². The zero-order valence-corrected chi connectivity index (χ0v) is 11.4. The maximum atomic E-state index is 13.7. The average Bonchev–Trinajstić information content (AvgIpc) is 2.22. The molecule has 1 saturated carbocycles. The summed E-state index contributed by atoms with van der Waals surface area (Å²) in [6, 6.07) is 2.22. The van der Waals surface area contributed by atoms with Gasteiger partial charge in [0.15, 0.2) is 5.82 Å². The standard InChI is InChI=1S/C14H18ClF2N/c1-8-3-9(2)5-11(4-8)18-14-12(15)6-10(16)7-13(14)17/h6-9,11,18H,3-5H2,1-2H3. The predicted octanol–water partition coefficient (Wildman–Crippen LogP) is 4.85. The molecular formula is C14H18ClF2N. The Labute approximate surface area is 112 Å². The van der Waals surface area contributed by atoms with Gasteiger partial charge in [0.05, 0.1) is 10.7 Å². The van der Waals surface area contributed by atoms with Crippen molar-refractivity contribution < 1.29 is 8.78 Å². The van der Waals surface area contributed by atoms with Crippen LogP contribution in [0.2, 0.25) is 5.02 Å². The molecule has 1 aliphatic rings. The quantitative estimate of drug-likeness (QED) is 0.812. The molecule has 0 aliphatic heterocycles. The topological polar surface area (TPSA) is 12.0 Å². The van der Waals surface area contributed by atoms with Gasteiger partial charge in [-0.15, -0.1) is 0 Å². The van der Waals surface area contributed by atoms with Gasteiger partial charge in [0.25, 0.3) is 0 Å². The van der Waals surface area contributed by atoms with Crippen LogP contribution in [-0.4, -0.2) is 6.04 Å². The minimum absolute atomic E-state index is 0.110. The van der Waals surface area contributed by atoms with Gasteiger partial charge >= 0.3 is 0 Å². The number of benzene rings is 1. The Morgan fingerprint density at radius 3 is 2.28 bits per heavy atom. The SMILES string of the molecule is CC1CC(C)CC(Nc2c(F)cc(F)cc2Cl)C1. The molecule has 0 saturated heterocycles. The molecule has 2 rings (SSSR count). The molecule has 0 radical (unpaired) electrons. The van der Waals surface area contributed by atoms with E-state index in [4.69, 9.17) is 11.6 Å². The molecule has 100 valence electrons. The minimum Gasteiger partial charge on any atom is -0.379 e. The Balaban J connectivity index is 2.14. The van der Waals surface area contributed by atoms with Crippen molar-refractivity contribution in [1.29, 1.82) is 0 Å². The van der Waals surface area contributed by atoms with Gasteiger partial charge in [0.1, 0.15) is 5.82 Å². The van der Waals surface area contributed by atoms with E-state index >= 15 is 0 Å². The average molecular weight is 274 g/mol. The summed E-state index contributed by atoms with van der Waals surface area (Å²) in [5.41, 5.74) is 0.226. The van der Waals surface area contributed by atoms with Crippen LogP contribution in [0.1, 0.15) is 33.1 Å². The second-order valence-corrected chi connectivity index (χ2v) is 5.91. The lowest BCUT2D eigenvalue weighted by atomic mass is 9.80. The highest BCUT2D eigenvalue weighted by atomic mass is 35.5. The van der Waals surface area contributed by atoms with Crippen molar-refractivity contribution in [2.75, 3.05) is 5.32 Å². The van der Waals surface area contributed by atoms with Gasteiger partial charge in [-0.3, -0.25) is 0 Å². The summed E-state index contributed by atoms with van der Waals surface area (Å²) in [7, 11) is 0. The highest BCUT2D eigenvalue weighted by Crippen LogP contribution is 2.33. The molecule has 2 atom stereocenters. The Morgan fingerprint density at radius 2 is 1.72 bits per heavy atom. The largest absolute Gasteiger partial charge is 0.379 e. The van der Waals surface area contributed by atoms with Gasteiger partial charge in [0.2, 0.25) is 0 Å². The normalized spacial score (nSPS) is 28.2. The first-order valence-corrected chi connectivity index (χ1v) is 6.74. The van der Waals surface area contributed by atoms with Crippen LogP contribution < -0.4 is 5.32 Å². The Morgan fingerprint density at radius 1 is 1.11 bits per heavy atom. The molecule has 4 heteroatoms. The zero-order valence-electron chi connectivity index (χ0n) is 10.6. The molecule has 1 aliphatic carbocycles. The molecule has 0 aromatic heterocycles. The van der Waals surface area contributed by atoms with E-state index in [0.29, 0.717) is 11.8 Å². The lowest BCUT2D eigenvalue weighted by Gasteiger charge is -2.32. The molecule has 1 nitrogen and oxygen atoms in total. The van der Waals surface area contributed by atoms with Crippen LogP contribution in [0.5, 0.6) is 0 Å².